The lowest BCUT2D eigenvalue weighted by atomic mass is 10.1. The van der Waals surface area contributed by atoms with Crippen molar-refractivity contribution in [3.05, 3.63) is 73.1 Å². The lowest BCUT2D eigenvalue weighted by Crippen LogP contribution is -2.27. The molecule has 0 radical (unpaired) electrons. The minimum absolute atomic E-state index is 0.195. The molecule has 0 atom stereocenters. The maximum absolute atomic E-state index is 12.4. The number of carbonyl (C=O) groups excluding carboxylic acids is 2. The number of methoxy groups -OCH3 is 1. The molecular weight excluding hydrogens is 569 g/mol. The van der Waals surface area contributed by atoms with Crippen LogP contribution < -0.4 is 9.47 Å². The molecule has 5 nitrogen and oxygen atoms in total. The normalized spacial score (nSPS) is 15.1. The predicted molar refractivity (Wildman–Crippen MR) is 127 cm³/mol. The van der Waals surface area contributed by atoms with Crippen LogP contribution in [0.3, 0.4) is 0 Å². The average molecular weight is 586 g/mol. The SMILES string of the molecule is C=CCN1C(=O)S/C(=C/c2cc(Br)c(OCc3ccc(I)cc3)c(OC)c2)C1=O. The topological polar surface area (TPSA) is 55.8 Å². The number of carbonyl (C=O) groups is 2. The Balaban J connectivity index is 1.83. The minimum Gasteiger partial charge on any atom is -0.493 e. The molecule has 0 N–H and O–H groups in total. The molecule has 3 rings (SSSR count). The molecule has 0 aromatic heterocycles. The van der Waals surface area contributed by atoms with Crippen LogP contribution in [0.2, 0.25) is 0 Å². The summed E-state index contributed by atoms with van der Waals surface area (Å²) in [4.78, 5) is 25.9. The molecule has 0 aliphatic carbocycles. The molecule has 29 heavy (non-hydrogen) atoms. The third kappa shape index (κ3) is 5.23. The van der Waals surface area contributed by atoms with Crippen molar-refractivity contribution in [1.29, 1.82) is 0 Å². The quantitative estimate of drug-likeness (QED) is 0.231. The lowest BCUT2D eigenvalue weighted by Gasteiger charge is -2.14. The number of thioether (sulfide) groups is 1. The monoisotopic (exact) mass is 585 g/mol. The van der Waals surface area contributed by atoms with Gasteiger partial charge in [0.05, 0.1) is 16.5 Å². The molecule has 1 saturated heterocycles. The smallest absolute Gasteiger partial charge is 0.293 e. The van der Waals surface area contributed by atoms with Crippen LogP contribution in [-0.2, 0) is 11.4 Å². The first-order chi connectivity index (χ1) is 13.9. The highest BCUT2D eigenvalue weighted by Gasteiger charge is 2.34. The van der Waals surface area contributed by atoms with Gasteiger partial charge in [0.15, 0.2) is 11.5 Å². The number of ether oxygens (including phenoxy) is 2. The Kier molecular flexibility index (Phi) is 7.42. The molecule has 2 aromatic carbocycles. The molecule has 0 unspecified atom stereocenters. The highest BCUT2D eigenvalue weighted by molar-refractivity contribution is 14.1. The molecule has 1 heterocycles. The fraction of sp³-hybridized carbons (Fsp3) is 0.143. The number of halogens is 2. The van der Waals surface area contributed by atoms with E-state index in [2.05, 4.69) is 45.1 Å². The zero-order chi connectivity index (χ0) is 21.0. The van der Waals surface area contributed by atoms with E-state index in [-0.39, 0.29) is 17.7 Å². The largest absolute Gasteiger partial charge is 0.493 e. The van der Waals surface area contributed by atoms with E-state index < -0.39 is 0 Å². The van der Waals surface area contributed by atoms with E-state index >= 15 is 0 Å². The first-order valence-corrected chi connectivity index (χ1v) is 11.2. The second-order valence-corrected chi connectivity index (χ2v) is 9.12. The molecule has 1 aliphatic rings. The van der Waals surface area contributed by atoms with E-state index in [1.807, 2.05) is 30.3 Å². The number of nitrogens with zero attached hydrogens (tertiary/aromatic N) is 1. The summed E-state index contributed by atoms with van der Waals surface area (Å²) in [6.45, 7) is 4.17. The van der Waals surface area contributed by atoms with Gasteiger partial charge in [0, 0.05) is 10.1 Å². The summed E-state index contributed by atoms with van der Waals surface area (Å²) in [7, 11) is 1.56. The van der Waals surface area contributed by atoms with E-state index in [0.717, 1.165) is 31.4 Å². The molecule has 2 aromatic rings. The number of rotatable bonds is 7. The Bertz CT molecular complexity index is 991. The summed E-state index contributed by atoms with van der Waals surface area (Å²) < 4.78 is 13.3. The van der Waals surface area contributed by atoms with Crippen LogP contribution in [0.1, 0.15) is 11.1 Å². The number of benzene rings is 2. The third-order valence-electron chi connectivity index (χ3n) is 4.03. The Morgan fingerprint density at radius 1 is 1.24 bits per heavy atom. The molecule has 150 valence electrons. The fourth-order valence-electron chi connectivity index (χ4n) is 2.64. The van der Waals surface area contributed by atoms with Gasteiger partial charge in [-0.3, -0.25) is 14.5 Å². The Morgan fingerprint density at radius 3 is 2.62 bits per heavy atom. The van der Waals surface area contributed by atoms with Gasteiger partial charge in [-0.2, -0.15) is 0 Å². The zero-order valence-electron chi connectivity index (χ0n) is 15.5. The first kappa shape index (κ1) is 21.9. The van der Waals surface area contributed by atoms with Crippen molar-refractivity contribution in [2.75, 3.05) is 13.7 Å². The van der Waals surface area contributed by atoms with Crippen LogP contribution in [-0.4, -0.2) is 29.7 Å². The van der Waals surface area contributed by atoms with E-state index in [1.165, 1.54) is 6.08 Å². The van der Waals surface area contributed by atoms with Crippen molar-refractivity contribution in [2.24, 2.45) is 0 Å². The molecule has 0 bridgehead atoms. The van der Waals surface area contributed by atoms with Crippen LogP contribution in [0.15, 0.2) is 58.4 Å². The molecule has 0 saturated carbocycles. The van der Waals surface area contributed by atoms with Crippen LogP contribution in [0.25, 0.3) is 6.08 Å². The van der Waals surface area contributed by atoms with Gasteiger partial charge >= 0.3 is 0 Å². The van der Waals surface area contributed by atoms with Gasteiger partial charge in [-0.05, 0) is 91.8 Å². The van der Waals surface area contributed by atoms with Gasteiger partial charge in [-0.15, -0.1) is 6.58 Å². The van der Waals surface area contributed by atoms with Gasteiger partial charge in [-0.1, -0.05) is 18.2 Å². The summed E-state index contributed by atoms with van der Waals surface area (Å²) in [5.41, 5.74) is 1.76. The minimum atomic E-state index is -0.325. The van der Waals surface area contributed by atoms with Crippen molar-refractivity contribution >= 4 is 67.5 Å². The van der Waals surface area contributed by atoms with E-state index in [0.29, 0.717) is 27.5 Å². The molecule has 2 amide bonds. The summed E-state index contributed by atoms with van der Waals surface area (Å²) in [5, 5.41) is -0.301. The maximum atomic E-state index is 12.4. The fourth-order valence-corrected chi connectivity index (χ4v) is 4.42. The standard InChI is InChI=1S/C21H17BrINO4S/c1-3-8-24-20(25)18(29-21(24)26)11-14-9-16(22)19(17(10-14)27-2)28-12-13-4-6-15(23)7-5-13/h3-7,9-11H,1,8,12H2,2H3/b18-11+. The van der Waals surface area contributed by atoms with Crippen molar-refractivity contribution in [1.82, 2.24) is 4.90 Å². The van der Waals surface area contributed by atoms with Crippen molar-refractivity contribution < 1.29 is 19.1 Å². The molecule has 8 heteroatoms. The second-order valence-electron chi connectivity index (χ2n) is 6.03. The maximum Gasteiger partial charge on any atom is 0.293 e. The Hall–Kier alpha value is -1.78. The Labute approximate surface area is 195 Å². The molecule has 1 fully saturated rings. The summed E-state index contributed by atoms with van der Waals surface area (Å²) >= 11 is 6.69. The van der Waals surface area contributed by atoms with Crippen molar-refractivity contribution in [2.45, 2.75) is 6.61 Å². The van der Waals surface area contributed by atoms with Crippen LogP contribution in [0.4, 0.5) is 4.79 Å². The van der Waals surface area contributed by atoms with Crippen LogP contribution in [0, 0.1) is 3.57 Å². The summed E-state index contributed by atoms with van der Waals surface area (Å²) in [6.07, 6.45) is 3.20. The number of hydrogen-bond acceptors (Lipinski definition) is 5. The van der Waals surface area contributed by atoms with Crippen LogP contribution >= 0.6 is 50.3 Å². The number of hydrogen-bond donors (Lipinski definition) is 0. The lowest BCUT2D eigenvalue weighted by molar-refractivity contribution is -0.122. The Morgan fingerprint density at radius 2 is 1.97 bits per heavy atom. The van der Waals surface area contributed by atoms with Gasteiger partial charge in [0.1, 0.15) is 6.61 Å². The zero-order valence-corrected chi connectivity index (χ0v) is 20.0. The van der Waals surface area contributed by atoms with Gasteiger partial charge in [0.2, 0.25) is 0 Å². The average Bonchev–Trinajstić information content (AvgIpc) is 2.96. The van der Waals surface area contributed by atoms with Gasteiger partial charge < -0.3 is 9.47 Å². The summed E-state index contributed by atoms with van der Waals surface area (Å²) in [5.74, 6) is 0.776. The van der Waals surface area contributed by atoms with Crippen LogP contribution in [0.5, 0.6) is 11.5 Å². The first-order valence-electron chi connectivity index (χ1n) is 8.54. The van der Waals surface area contributed by atoms with Crippen molar-refractivity contribution in [3.8, 4) is 11.5 Å². The highest BCUT2D eigenvalue weighted by Crippen LogP contribution is 2.39. The molecular formula is C21H17BrINO4S. The van der Waals surface area contributed by atoms with E-state index in [1.54, 1.807) is 19.3 Å². The van der Waals surface area contributed by atoms with Gasteiger partial charge in [-0.25, -0.2) is 0 Å². The summed E-state index contributed by atoms with van der Waals surface area (Å²) in [6, 6.07) is 11.7. The number of amides is 2. The second kappa shape index (κ2) is 9.82. The van der Waals surface area contributed by atoms with Gasteiger partial charge in [0.25, 0.3) is 11.1 Å². The van der Waals surface area contributed by atoms with E-state index in [4.69, 9.17) is 9.47 Å². The highest BCUT2D eigenvalue weighted by atomic mass is 127. The van der Waals surface area contributed by atoms with E-state index in [9.17, 15) is 9.59 Å². The third-order valence-corrected chi connectivity index (χ3v) is 6.25. The predicted octanol–water partition coefficient (Wildman–Crippen LogP) is 5.86. The molecule has 0 spiro atoms. The number of imide groups is 1. The van der Waals surface area contributed by atoms with Crippen molar-refractivity contribution in [3.63, 3.8) is 0 Å². The molecule has 1 aliphatic heterocycles.